The Morgan fingerprint density at radius 1 is 1.24 bits per heavy atom. The van der Waals surface area contributed by atoms with Gasteiger partial charge in [-0.25, -0.2) is 0 Å². The molecule has 1 aliphatic rings. The Hall–Kier alpha value is -1.55. The molecule has 116 valence electrons. The van der Waals surface area contributed by atoms with Crippen molar-refractivity contribution in [1.82, 2.24) is 0 Å². The number of aliphatic hydroxyl groups is 1. The minimum absolute atomic E-state index is 0.0877. The number of hydrogen-bond acceptors (Lipinski definition) is 3. The number of benzene rings is 1. The summed E-state index contributed by atoms with van der Waals surface area (Å²) in [4.78, 5) is 12.9. The second kappa shape index (κ2) is 6.94. The van der Waals surface area contributed by atoms with E-state index < -0.39 is 11.6 Å². The van der Waals surface area contributed by atoms with Crippen molar-refractivity contribution in [3.05, 3.63) is 29.8 Å². The van der Waals surface area contributed by atoms with Gasteiger partial charge in [0.1, 0.15) is 0 Å². The Morgan fingerprint density at radius 2 is 1.90 bits per heavy atom. The fourth-order valence-corrected chi connectivity index (χ4v) is 3.16. The molecular weight excluding hydrogens is 266 g/mol. The van der Waals surface area contributed by atoms with E-state index in [1.807, 2.05) is 36.1 Å². The second-order valence-corrected chi connectivity index (χ2v) is 6.14. The molecular formula is C17H25NO3. The lowest BCUT2D eigenvalue weighted by Gasteiger charge is -2.38. The first-order chi connectivity index (χ1) is 10.0. The molecule has 1 aliphatic carbocycles. The number of aliphatic carboxylic acids is 1. The van der Waals surface area contributed by atoms with E-state index >= 15 is 0 Å². The number of aryl methyl sites for hydroxylation is 1. The third kappa shape index (κ3) is 4.46. The van der Waals surface area contributed by atoms with Gasteiger partial charge in [-0.05, 0) is 31.4 Å². The van der Waals surface area contributed by atoms with Gasteiger partial charge >= 0.3 is 5.97 Å². The Kier molecular flexibility index (Phi) is 5.23. The summed E-state index contributed by atoms with van der Waals surface area (Å²) in [6.45, 7) is 2.97. The monoisotopic (exact) mass is 291 g/mol. The molecule has 1 aromatic carbocycles. The summed E-state index contributed by atoms with van der Waals surface area (Å²) in [5.41, 5.74) is 1.46. The van der Waals surface area contributed by atoms with Crippen LogP contribution in [0.4, 0.5) is 5.69 Å². The van der Waals surface area contributed by atoms with Crippen molar-refractivity contribution >= 4 is 11.7 Å². The van der Waals surface area contributed by atoms with Crippen molar-refractivity contribution in [3.63, 3.8) is 0 Å². The standard InChI is InChI=1S/C17H25NO3/c1-14-7-3-4-8-15(14)18(12-9-16(19)20)13-17(21)10-5-2-6-11-17/h3-4,7-8,21H,2,5-6,9-13H2,1H3,(H,19,20). The average Bonchev–Trinajstić information content (AvgIpc) is 2.45. The summed E-state index contributed by atoms with van der Waals surface area (Å²) in [6, 6.07) is 7.96. The normalized spacial score (nSPS) is 17.4. The molecule has 0 amide bonds. The zero-order valence-corrected chi connectivity index (χ0v) is 12.7. The molecule has 0 unspecified atom stereocenters. The van der Waals surface area contributed by atoms with Crippen LogP contribution in [0.25, 0.3) is 0 Å². The van der Waals surface area contributed by atoms with Crippen LogP contribution in [0.2, 0.25) is 0 Å². The fourth-order valence-electron chi connectivity index (χ4n) is 3.16. The van der Waals surface area contributed by atoms with Gasteiger partial charge in [0.25, 0.3) is 0 Å². The molecule has 21 heavy (non-hydrogen) atoms. The molecule has 0 radical (unpaired) electrons. The molecule has 2 N–H and O–H groups in total. The van der Waals surface area contributed by atoms with E-state index in [2.05, 4.69) is 0 Å². The van der Waals surface area contributed by atoms with E-state index in [0.29, 0.717) is 13.1 Å². The molecule has 4 heteroatoms. The lowest BCUT2D eigenvalue weighted by atomic mass is 9.84. The molecule has 1 saturated carbocycles. The van der Waals surface area contributed by atoms with Gasteiger partial charge in [-0.15, -0.1) is 0 Å². The summed E-state index contributed by atoms with van der Waals surface area (Å²) < 4.78 is 0. The molecule has 0 atom stereocenters. The van der Waals surface area contributed by atoms with Gasteiger partial charge in [0, 0.05) is 18.8 Å². The third-order valence-electron chi connectivity index (χ3n) is 4.32. The predicted molar refractivity (Wildman–Crippen MR) is 83.7 cm³/mol. The number of hydrogen-bond donors (Lipinski definition) is 2. The SMILES string of the molecule is Cc1ccccc1N(CCC(=O)O)CC1(O)CCCCC1. The Balaban J connectivity index is 2.15. The highest BCUT2D eigenvalue weighted by molar-refractivity contribution is 5.68. The van der Waals surface area contributed by atoms with Crippen LogP contribution in [0.1, 0.15) is 44.1 Å². The maximum Gasteiger partial charge on any atom is 0.305 e. The third-order valence-corrected chi connectivity index (χ3v) is 4.32. The smallest absolute Gasteiger partial charge is 0.305 e. The molecule has 1 aromatic rings. The minimum atomic E-state index is -0.802. The summed E-state index contributed by atoms with van der Waals surface area (Å²) in [5, 5.41) is 19.7. The molecule has 0 spiro atoms. The molecule has 4 nitrogen and oxygen atoms in total. The van der Waals surface area contributed by atoms with Gasteiger partial charge in [-0.1, -0.05) is 37.5 Å². The predicted octanol–water partition coefficient (Wildman–Crippen LogP) is 2.97. The Labute approximate surface area is 126 Å². The second-order valence-electron chi connectivity index (χ2n) is 6.14. The van der Waals surface area contributed by atoms with E-state index in [1.54, 1.807) is 0 Å². The van der Waals surface area contributed by atoms with Crippen LogP contribution >= 0.6 is 0 Å². The zero-order chi connectivity index (χ0) is 15.3. The molecule has 0 heterocycles. The summed E-state index contributed by atoms with van der Waals surface area (Å²) in [5.74, 6) is -0.802. The van der Waals surface area contributed by atoms with Gasteiger partial charge < -0.3 is 15.1 Å². The lowest BCUT2D eigenvalue weighted by Crippen LogP contribution is -2.45. The first-order valence-corrected chi connectivity index (χ1v) is 7.75. The van der Waals surface area contributed by atoms with Crippen LogP contribution < -0.4 is 4.90 Å². The van der Waals surface area contributed by atoms with Crippen molar-refractivity contribution in [2.45, 2.75) is 51.0 Å². The van der Waals surface area contributed by atoms with Crippen molar-refractivity contribution < 1.29 is 15.0 Å². The van der Waals surface area contributed by atoms with E-state index in [1.165, 1.54) is 6.42 Å². The van der Waals surface area contributed by atoms with Gasteiger partial charge in [0.05, 0.1) is 12.0 Å². The average molecular weight is 291 g/mol. The maximum atomic E-state index is 10.9. The van der Waals surface area contributed by atoms with Crippen LogP contribution in [0.3, 0.4) is 0 Å². The molecule has 2 rings (SSSR count). The first kappa shape index (κ1) is 15.8. The topological polar surface area (TPSA) is 60.8 Å². The van der Waals surface area contributed by atoms with Gasteiger partial charge in [-0.2, -0.15) is 0 Å². The van der Waals surface area contributed by atoms with Crippen molar-refractivity contribution in [3.8, 4) is 0 Å². The number of nitrogens with zero attached hydrogens (tertiary/aromatic N) is 1. The van der Waals surface area contributed by atoms with E-state index in [9.17, 15) is 9.90 Å². The quantitative estimate of drug-likeness (QED) is 0.846. The van der Waals surface area contributed by atoms with Gasteiger partial charge in [-0.3, -0.25) is 4.79 Å². The van der Waals surface area contributed by atoms with Crippen molar-refractivity contribution in [2.75, 3.05) is 18.0 Å². The lowest BCUT2D eigenvalue weighted by molar-refractivity contribution is -0.136. The summed E-state index contributed by atoms with van der Waals surface area (Å²) in [7, 11) is 0. The minimum Gasteiger partial charge on any atom is -0.481 e. The molecule has 0 aromatic heterocycles. The highest BCUT2D eigenvalue weighted by Crippen LogP contribution is 2.31. The van der Waals surface area contributed by atoms with E-state index in [-0.39, 0.29) is 6.42 Å². The fraction of sp³-hybridized carbons (Fsp3) is 0.588. The van der Waals surface area contributed by atoms with Crippen LogP contribution in [0, 0.1) is 6.92 Å². The zero-order valence-electron chi connectivity index (χ0n) is 12.7. The Morgan fingerprint density at radius 3 is 2.52 bits per heavy atom. The number of carbonyl (C=O) groups is 1. The number of carboxylic acids is 1. The van der Waals surface area contributed by atoms with Crippen molar-refractivity contribution in [2.24, 2.45) is 0 Å². The number of carboxylic acid groups (broad SMARTS) is 1. The first-order valence-electron chi connectivity index (χ1n) is 7.75. The molecule has 0 aliphatic heterocycles. The largest absolute Gasteiger partial charge is 0.481 e. The molecule has 0 bridgehead atoms. The van der Waals surface area contributed by atoms with Crippen LogP contribution in [0.15, 0.2) is 24.3 Å². The number of rotatable bonds is 6. The highest BCUT2D eigenvalue weighted by atomic mass is 16.4. The molecule has 0 saturated heterocycles. The summed E-state index contributed by atoms with van der Waals surface area (Å²) >= 11 is 0. The molecule has 1 fully saturated rings. The van der Waals surface area contributed by atoms with Crippen LogP contribution in [0.5, 0.6) is 0 Å². The number of anilines is 1. The summed E-state index contributed by atoms with van der Waals surface area (Å²) in [6.07, 6.45) is 4.99. The Bertz CT molecular complexity index is 481. The van der Waals surface area contributed by atoms with E-state index in [4.69, 9.17) is 5.11 Å². The van der Waals surface area contributed by atoms with E-state index in [0.717, 1.165) is 36.9 Å². The van der Waals surface area contributed by atoms with Crippen molar-refractivity contribution in [1.29, 1.82) is 0 Å². The number of para-hydroxylation sites is 1. The van der Waals surface area contributed by atoms with Gasteiger partial charge in [0.15, 0.2) is 0 Å². The maximum absolute atomic E-state index is 10.9. The van der Waals surface area contributed by atoms with Gasteiger partial charge in [0.2, 0.25) is 0 Å². The van der Waals surface area contributed by atoms with Crippen LogP contribution in [-0.2, 0) is 4.79 Å². The van der Waals surface area contributed by atoms with Crippen LogP contribution in [-0.4, -0.2) is 34.9 Å². The highest BCUT2D eigenvalue weighted by Gasteiger charge is 2.31.